The molecule has 0 unspecified atom stereocenters. The lowest BCUT2D eigenvalue weighted by Gasteiger charge is -2.19. The van der Waals surface area contributed by atoms with E-state index in [1.54, 1.807) is 0 Å². The van der Waals surface area contributed by atoms with Crippen molar-refractivity contribution >= 4 is 64.9 Å². The lowest BCUT2D eigenvalue weighted by atomic mass is 9.83. The Morgan fingerprint density at radius 3 is 1.45 bits per heavy atom. The number of fused-ring (bicyclic) bond motifs is 10. The molecule has 0 aliphatic carbocycles. The molecule has 0 atom stereocenters. The van der Waals surface area contributed by atoms with E-state index < -0.39 is 0 Å². The second-order valence-corrected chi connectivity index (χ2v) is 12.5. The number of aromatic nitrogens is 1. The van der Waals surface area contributed by atoms with Crippen LogP contribution in [0.5, 0.6) is 0 Å². The topological polar surface area (TPSA) is 15.8 Å². The van der Waals surface area contributed by atoms with Crippen molar-refractivity contribution in [3.05, 3.63) is 170 Å². The van der Waals surface area contributed by atoms with Crippen LogP contribution in [0.3, 0.4) is 0 Å². The van der Waals surface area contributed by atoms with E-state index in [-0.39, 0.29) is 0 Å². The van der Waals surface area contributed by atoms with Crippen molar-refractivity contribution in [2.24, 2.45) is 0 Å². The summed E-state index contributed by atoms with van der Waals surface area (Å²) in [6.07, 6.45) is 0. The Morgan fingerprint density at radius 2 is 0.787 bits per heavy atom. The number of hydrogen-bond acceptors (Lipinski definition) is 0. The lowest BCUT2D eigenvalue weighted by molar-refractivity contribution is 1.56. The number of H-pyrrole nitrogens is 1. The fraction of sp³-hybridized carbons (Fsp3) is 0. The predicted octanol–water partition coefficient (Wildman–Crippen LogP) is 12.9. The van der Waals surface area contributed by atoms with E-state index in [9.17, 15) is 0 Å². The van der Waals surface area contributed by atoms with Crippen molar-refractivity contribution in [3.63, 3.8) is 0 Å². The predicted molar refractivity (Wildman–Crippen MR) is 202 cm³/mol. The highest BCUT2D eigenvalue weighted by Crippen LogP contribution is 2.47. The molecule has 1 heteroatoms. The molecule has 0 fully saturated rings. The van der Waals surface area contributed by atoms with Crippen LogP contribution in [0.25, 0.3) is 98.3 Å². The first kappa shape index (κ1) is 26.1. The van der Waals surface area contributed by atoms with Gasteiger partial charge < -0.3 is 4.98 Å². The number of hydrogen-bond donors (Lipinski definition) is 1. The summed E-state index contributed by atoms with van der Waals surface area (Å²) in [7, 11) is 0. The molecule has 0 saturated carbocycles. The Bertz CT molecular complexity index is 2780. The van der Waals surface area contributed by atoms with Crippen LogP contribution in [-0.4, -0.2) is 4.98 Å². The van der Waals surface area contributed by atoms with Gasteiger partial charge in [0.25, 0.3) is 0 Å². The highest BCUT2D eigenvalue weighted by atomic mass is 14.7. The van der Waals surface area contributed by atoms with E-state index in [1.807, 2.05) is 0 Å². The second-order valence-electron chi connectivity index (χ2n) is 12.5. The Morgan fingerprint density at radius 1 is 0.298 bits per heavy atom. The largest absolute Gasteiger partial charge is 0.354 e. The molecule has 218 valence electrons. The monoisotopic (exact) mass is 595 g/mol. The second kappa shape index (κ2) is 10.2. The SMILES string of the molecule is c1ccc(-c2ccccc2-c2c3ccccc3c(-c3ccc4[nH]c5c6ccccc6c6ccccc6c5c4c3)c3ccccc23)cc1. The molecule has 1 N–H and O–H groups in total. The lowest BCUT2D eigenvalue weighted by Crippen LogP contribution is -1.92. The molecule has 0 spiro atoms. The van der Waals surface area contributed by atoms with Crippen LogP contribution in [0.4, 0.5) is 0 Å². The van der Waals surface area contributed by atoms with Gasteiger partial charge in [-0.2, -0.15) is 0 Å². The maximum atomic E-state index is 3.82. The standard InChI is InChI=1S/C46H29N/c1-2-14-29(15-3-1)31-16-4-7-19-34(31)44-38-23-11-9-21-36(38)43(37-22-10-12-24-39(37)44)30-26-27-42-41(28-30)45-35-20-8-5-17-32(35)33-18-6-13-25-40(33)46(45)47-42/h1-28,47H. The average Bonchev–Trinajstić information content (AvgIpc) is 3.54. The fourth-order valence-corrected chi connectivity index (χ4v) is 8.00. The molecule has 10 aromatic rings. The highest BCUT2D eigenvalue weighted by Gasteiger charge is 2.20. The molecule has 0 aliphatic rings. The van der Waals surface area contributed by atoms with Gasteiger partial charge in [0.1, 0.15) is 0 Å². The number of rotatable bonds is 3. The zero-order chi connectivity index (χ0) is 30.9. The third-order valence-corrected chi connectivity index (χ3v) is 9.98. The summed E-state index contributed by atoms with van der Waals surface area (Å²) in [6.45, 7) is 0. The Balaban J connectivity index is 1.31. The summed E-state index contributed by atoms with van der Waals surface area (Å²) in [5.41, 5.74) is 9.87. The van der Waals surface area contributed by atoms with Crippen molar-refractivity contribution in [3.8, 4) is 33.4 Å². The van der Waals surface area contributed by atoms with Gasteiger partial charge in [-0.25, -0.2) is 0 Å². The third-order valence-electron chi connectivity index (χ3n) is 9.98. The minimum atomic E-state index is 1.16. The van der Waals surface area contributed by atoms with Crippen LogP contribution in [0.15, 0.2) is 170 Å². The van der Waals surface area contributed by atoms with Gasteiger partial charge in [0.15, 0.2) is 0 Å². The summed E-state index contributed by atoms with van der Waals surface area (Å²) in [6, 6.07) is 62.1. The quantitative estimate of drug-likeness (QED) is 0.154. The van der Waals surface area contributed by atoms with Gasteiger partial charge in [0, 0.05) is 21.7 Å². The molecule has 9 aromatic carbocycles. The van der Waals surface area contributed by atoms with Gasteiger partial charge in [-0.3, -0.25) is 0 Å². The molecule has 0 aliphatic heterocycles. The third kappa shape index (κ3) is 3.84. The van der Waals surface area contributed by atoms with Crippen molar-refractivity contribution in [2.45, 2.75) is 0 Å². The minimum absolute atomic E-state index is 1.16. The molecule has 47 heavy (non-hydrogen) atoms. The van der Waals surface area contributed by atoms with E-state index in [0.29, 0.717) is 0 Å². The summed E-state index contributed by atoms with van der Waals surface area (Å²) in [4.78, 5) is 3.82. The molecular formula is C46H29N. The molecular weight excluding hydrogens is 567 g/mol. The fourth-order valence-electron chi connectivity index (χ4n) is 8.00. The van der Waals surface area contributed by atoms with Gasteiger partial charge in [-0.05, 0) is 83.2 Å². The van der Waals surface area contributed by atoms with Gasteiger partial charge in [-0.1, -0.05) is 158 Å². The normalized spacial score (nSPS) is 11.8. The summed E-state index contributed by atoms with van der Waals surface area (Å²) in [5, 5.41) is 12.7. The molecule has 1 heterocycles. The van der Waals surface area contributed by atoms with Gasteiger partial charge in [-0.15, -0.1) is 0 Å². The summed E-state index contributed by atoms with van der Waals surface area (Å²) < 4.78 is 0. The molecule has 1 nitrogen and oxygen atoms in total. The first-order valence-corrected chi connectivity index (χ1v) is 16.3. The smallest absolute Gasteiger partial charge is 0.0551 e. The van der Waals surface area contributed by atoms with Crippen molar-refractivity contribution in [2.75, 3.05) is 0 Å². The van der Waals surface area contributed by atoms with Crippen LogP contribution in [-0.2, 0) is 0 Å². The Kier molecular flexibility index (Phi) is 5.64. The molecule has 10 rings (SSSR count). The van der Waals surface area contributed by atoms with E-state index in [4.69, 9.17) is 0 Å². The minimum Gasteiger partial charge on any atom is -0.354 e. The van der Waals surface area contributed by atoms with E-state index >= 15 is 0 Å². The van der Waals surface area contributed by atoms with E-state index in [1.165, 1.54) is 92.8 Å². The number of aromatic amines is 1. The molecule has 0 radical (unpaired) electrons. The maximum Gasteiger partial charge on any atom is 0.0551 e. The zero-order valence-corrected chi connectivity index (χ0v) is 25.7. The van der Waals surface area contributed by atoms with Crippen LogP contribution in [0.2, 0.25) is 0 Å². The Hall–Kier alpha value is -6.18. The van der Waals surface area contributed by atoms with Gasteiger partial charge in [0.2, 0.25) is 0 Å². The first-order valence-electron chi connectivity index (χ1n) is 16.3. The molecule has 0 bridgehead atoms. The van der Waals surface area contributed by atoms with Crippen molar-refractivity contribution in [1.82, 2.24) is 4.98 Å². The average molecular weight is 596 g/mol. The molecule has 0 saturated heterocycles. The number of nitrogens with one attached hydrogen (secondary N) is 1. The van der Waals surface area contributed by atoms with Crippen LogP contribution < -0.4 is 0 Å². The molecule has 1 aromatic heterocycles. The van der Waals surface area contributed by atoms with Crippen LogP contribution in [0.1, 0.15) is 0 Å². The van der Waals surface area contributed by atoms with E-state index in [2.05, 4.69) is 175 Å². The highest BCUT2D eigenvalue weighted by molar-refractivity contribution is 6.32. The van der Waals surface area contributed by atoms with Crippen molar-refractivity contribution < 1.29 is 0 Å². The van der Waals surface area contributed by atoms with Gasteiger partial charge in [0.05, 0.1) is 5.52 Å². The van der Waals surface area contributed by atoms with Crippen LogP contribution >= 0.6 is 0 Å². The molecule has 0 amide bonds. The summed E-state index contributed by atoms with van der Waals surface area (Å²) in [5.74, 6) is 0. The van der Waals surface area contributed by atoms with Gasteiger partial charge >= 0.3 is 0 Å². The van der Waals surface area contributed by atoms with Crippen molar-refractivity contribution in [1.29, 1.82) is 0 Å². The Labute approximate surface area is 272 Å². The van der Waals surface area contributed by atoms with E-state index in [0.717, 1.165) is 5.52 Å². The zero-order valence-electron chi connectivity index (χ0n) is 25.7. The first-order chi connectivity index (χ1) is 23.3. The summed E-state index contributed by atoms with van der Waals surface area (Å²) >= 11 is 0. The number of benzene rings is 9. The van der Waals surface area contributed by atoms with Crippen LogP contribution in [0, 0.1) is 0 Å². The maximum absolute atomic E-state index is 3.82.